The summed E-state index contributed by atoms with van der Waals surface area (Å²) in [4.78, 5) is 61.2. The molecular weight excluding hydrogens is 767 g/mol. The molecule has 1 saturated carbocycles. The summed E-state index contributed by atoms with van der Waals surface area (Å²) in [5, 5.41) is 9.71. The summed E-state index contributed by atoms with van der Waals surface area (Å²) in [6.07, 6.45) is 2.61. The molecule has 1 N–H and O–H groups in total. The van der Waals surface area contributed by atoms with Crippen molar-refractivity contribution in [3.05, 3.63) is 134 Å². The van der Waals surface area contributed by atoms with Gasteiger partial charge in [0, 0.05) is 14.5 Å². The number of aliphatic hydroxyl groups excluding tert-OH is 1. The molecule has 0 radical (unpaired) electrons. The van der Waals surface area contributed by atoms with Gasteiger partial charge in [-0.15, -0.1) is 0 Å². The highest BCUT2D eigenvalue weighted by Crippen LogP contribution is 2.64. The SMILES string of the molecule is O=C1C2CC=C3C(CC4C(=O)N(c5cccc(Cl)c5)C(=O)C4(c4ccccc4)C3c3ccc(OCCO)cc3)C2C(=O)N1c1ccc(I)cc1. The molecule has 2 aliphatic heterocycles. The van der Waals surface area contributed by atoms with E-state index in [2.05, 4.69) is 28.7 Å². The smallest absolute Gasteiger partial charge is 0.246 e. The Morgan fingerprint density at radius 1 is 0.800 bits per heavy atom. The summed E-state index contributed by atoms with van der Waals surface area (Å²) in [6.45, 7) is -0.00782. The maximum Gasteiger partial charge on any atom is 0.246 e. The largest absolute Gasteiger partial charge is 0.491 e. The topological polar surface area (TPSA) is 104 Å². The zero-order chi connectivity index (χ0) is 34.7. The molecule has 0 spiro atoms. The number of anilines is 2. The lowest BCUT2D eigenvalue weighted by Gasteiger charge is -2.50. The number of amides is 4. The molecule has 4 amide bonds. The standard InChI is InChI=1S/C40H32ClIN2O6/c41-25-7-4-8-28(21-25)44-37(47)33-22-32-30(17-18-31-34(32)38(48)43(36(31)46)27-13-11-26(42)12-14-27)35(23-9-15-29(16-10-23)50-20-19-45)40(33,39(44)49)24-5-2-1-3-6-24/h1-17,21,31-35,45H,18-20,22H2. The number of allylic oxidation sites excluding steroid dienone is 2. The highest BCUT2D eigenvalue weighted by atomic mass is 127. The molecule has 8 rings (SSSR count). The molecule has 8 nitrogen and oxygen atoms in total. The number of imide groups is 2. The van der Waals surface area contributed by atoms with E-state index in [0.29, 0.717) is 34.1 Å². The van der Waals surface area contributed by atoms with E-state index >= 15 is 4.79 Å². The van der Waals surface area contributed by atoms with Gasteiger partial charge < -0.3 is 9.84 Å². The van der Waals surface area contributed by atoms with Crippen LogP contribution < -0.4 is 14.5 Å². The molecule has 6 unspecified atom stereocenters. The Morgan fingerprint density at radius 2 is 1.54 bits per heavy atom. The molecule has 2 heterocycles. The van der Waals surface area contributed by atoms with Crippen molar-refractivity contribution in [2.24, 2.45) is 23.7 Å². The lowest BCUT2D eigenvalue weighted by atomic mass is 9.49. The van der Waals surface area contributed by atoms with Crippen LogP contribution in [0.2, 0.25) is 5.02 Å². The second kappa shape index (κ2) is 12.8. The summed E-state index contributed by atoms with van der Waals surface area (Å²) in [6, 6.07) is 30.9. The van der Waals surface area contributed by atoms with Crippen molar-refractivity contribution in [3.8, 4) is 5.75 Å². The lowest BCUT2D eigenvalue weighted by molar-refractivity contribution is -0.127. The van der Waals surface area contributed by atoms with Gasteiger partial charge in [0.1, 0.15) is 12.4 Å². The van der Waals surface area contributed by atoms with Crippen molar-refractivity contribution >= 4 is 69.2 Å². The molecule has 6 atom stereocenters. The third kappa shape index (κ3) is 4.96. The zero-order valence-corrected chi connectivity index (χ0v) is 29.7. The van der Waals surface area contributed by atoms with Gasteiger partial charge in [-0.05, 0) is 107 Å². The van der Waals surface area contributed by atoms with Crippen LogP contribution in [-0.4, -0.2) is 41.9 Å². The van der Waals surface area contributed by atoms with E-state index in [0.717, 1.165) is 14.7 Å². The maximum atomic E-state index is 15.3. The van der Waals surface area contributed by atoms with Crippen molar-refractivity contribution in [2.75, 3.05) is 23.0 Å². The molecule has 4 aliphatic rings. The third-order valence-corrected chi connectivity index (χ3v) is 11.8. The second-order valence-electron chi connectivity index (χ2n) is 13.2. The first-order valence-corrected chi connectivity index (χ1v) is 18.1. The Hall–Kier alpha value is -4.32. The minimum Gasteiger partial charge on any atom is -0.491 e. The minimum absolute atomic E-state index is 0.129. The van der Waals surface area contributed by atoms with Gasteiger partial charge in [0.2, 0.25) is 23.6 Å². The zero-order valence-electron chi connectivity index (χ0n) is 26.7. The van der Waals surface area contributed by atoms with E-state index in [9.17, 15) is 19.5 Å². The van der Waals surface area contributed by atoms with Crippen molar-refractivity contribution in [3.63, 3.8) is 0 Å². The molecule has 10 heteroatoms. The van der Waals surface area contributed by atoms with Gasteiger partial charge in [0.25, 0.3) is 0 Å². The van der Waals surface area contributed by atoms with Crippen LogP contribution in [0.25, 0.3) is 0 Å². The number of carbonyl (C=O) groups is 4. The molecule has 0 bridgehead atoms. The molecule has 3 fully saturated rings. The average molecular weight is 799 g/mol. The Balaban J connectivity index is 1.32. The van der Waals surface area contributed by atoms with E-state index in [1.165, 1.54) is 9.80 Å². The van der Waals surface area contributed by atoms with Crippen LogP contribution in [0.5, 0.6) is 5.75 Å². The quantitative estimate of drug-likeness (QED) is 0.127. The van der Waals surface area contributed by atoms with Crippen molar-refractivity contribution in [2.45, 2.75) is 24.2 Å². The normalized spacial score (nSPS) is 27.2. The van der Waals surface area contributed by atoms with Gasteiger partial charge in [-0.1, -0.05) is 71.8 Å². The molecule has 4 aromatic rings. The van der Waals surface area contributed by atoms with Crippen LogP contribution in [0.1, 0.15) is 29.9 Å². The van der Waals surface area contributed by atoms with E-state index in [4.69, 9.17) is 16.3 Å². The lowest BCUT2D eigenvalue weighted by Crippen LogP contribution is -2.53. The third-order valence-electron chi connectivity index (χ3n) is 10.8. The summed E-state index contributed by atoms with van der Waals surface area (Å²) in [5.74, 6) is -3.90. The van der Waals surface area contributed by atoms with E-state index in [-0.39, 0.29) is 43.3 Å². The van der Waals surface area contributed by atoms with Gasteiger partial charge in [0.05, 0.1) is 41.2 Å². The maximum absolute atomic E-state index is 15.3. The molecular formula is C40H32ClIN2O6. The van der Waals surface area contributed by atoms with Gasteiger partial charge in [0.15, 0.2) is 0 Å². The van der Waals surface area contributed by atoms with E-state index < -0.39 is 35.0 Å². The number of fused-ring (bicyclic) bond motifs is 4. The van der Waals surface area contributed by atoms with Crippen molar-refractivity contribution < 1.29 is 29.0 Å². The summed E-state index contributed by atoms with van der Waals surface area (Å²) < 4.78 is 6.66. The molecule has 0 aromatic heterocycles. The number of carbonyl (C=O) groups excluding carboxylic acids is 4. The predicted octanol–water partition coefficient (Wildman–Crippen LogP) is 6.68. The van der Waals surface area contributed by atoms with Crippen molar-refractivity contribution in [1.29, 1.82) is 0 Å². The first-order valence-electron chi connectivity index (χ1n) is 16.6. The molecule has 50 heavy (non-hydrogen) atoms. The Labute approximate surface area is 307 Å². The van der Waals surface area contributed by atoms with Gasteiger partial charge >= 0.3 is 0 Å². The number of hydrogen-bond donors (Lipinski definition) is 1. The highest BCUT2D eigenvalue weighted by Gasteiger charge is 2.70. The molecule has 2 aliphatic carbocycles. The first-order chi connectivity index (χ1) is 24.2. The van der Waals surface area contributed by atoms with Crippen LogP contribution in [0.3, 0.4) is 0 Å². The number of hydrogen-bond acceptors (Lipinski definition) is 6. The number of ether oxygens (including phenoxy) is 1. The minimum atomic E-state index is -1.36. The number of benzene rings is 4. The van der Waals surface area contributed by atoms with E-state index in [1.54, 1.807) is 48.5 Å². The Bertz CT molecular complexity index is 2050. The van der Waals surface area contributed by atoms with Gasteiger partial charge in [-0.2, -0.15) is 0 Å². The Morgan fingerprint density at radius 3 is 2.24 bits per heavy atom. The fraction of sp³-hybridized carbons (Fsp3) is 0.250. The summed E-state index contributed by atoms with van der Waals surface area (Å²) in [5.41, 5.74) is 1.93. The number of aliphatic hydroxyl groups is 1. The number of nitrogens with zero attached hydrogens (tertiary/aromatic N) is 2. The summed E-state index contributed by atoms with van der Waals surface area (Å²) >= 11 is 8.59. The van der Waals surface area contributed by atoms with Crippen LogP contribution in [-0.2, 0) is 24.6 Å². The molecule has 252 valence electrons. The first kappa shape index (κ1) is 32.9. The fourth-order valence-corrected chi connectivity index (χ4v) is 9.43. The van der Waals surface area contributed by atoms with Gasteiger partial charge in [-0.3, -0.25) is 24.1 Å². The van der Waals surface area contributed by atoms with Crippen molar-refractivity contribution in [1.82, 2.24) is 0 Å². The molecule has 4 aromatic carbocycles. The Kier molecular flexibility index (Phi) is 8.40. The predicted molar refractivity (Wildman–Crippen MR) is 197 cm³/mol. The van der Waals surface area contributed by atoms with Crippen LogP contribution >= 0.6 is 34.2 Å². The number of rotatable bonds is 7. The van der Waals surface area contributed by atoms with Crippen LogP contribution in [0, 0.1) is 27.2 Å². The monoisotopic (exact) mass is 798 g/mol. The van der Waals surface area contributed by atoms with E-state index in [1.807, 2.05) is 54.6 Å². The second-order valence-corrected chi connectivity index (χ2v) is 14.9. The van der Waals surface area contributed by atoms with Crippen LogP contribution in [0.4, 0.5) is 11.4 Å². The van der Waals surface area contributed by atoms with Crippen LogP contribution in [0.15, 0.2) is 115 Å². The highest BCUT2D eigenvalue weighted by molar-refractivity contribution is 14.1. The van der Waals surface area contributed by atoms with Gasteiger partial charge in [-0.25, -0.2) is 4.90 Å². The summed E-state index contributed by atoms with van der Waals surface area (Å²) in [7, 11) is 0. The fourth-order valence-electron chi connectivity index (χ4n) is 8.88. The molecule has 2 saturated heterocycles. The number of halogens is 2. The average Bonchev–Trinajstić information content (AvgIpc) is 3.52.